The van der Waals surface area contributed by atoms with Gasteiger partial charge in [0, 0.05) is 19.6 Å². The van der Waals surface area contributed by atoms with Crippen molar-refractivity contribution >= 4 is 0 Å². The van der Waals surface area contributed by atoms with E-state index in [0.29, 0.717) is 0 Å². The quantitative estimate of drug-likeness (QED) is 0.738. The second-order valence-electron chi connectivity index (χ2n) is 8.88. The first-order chi connectivity index (χ1) is 10.8. The lowest BCUT2D eigenvalue weighted by Crippen LogP contribution is -2.48. The Morgan fingerprint density at radius 1 is 0.864 bits per heavy atom. The van der Waals surface area contributed by atoms with Gasteiger partial charge in [0.05, 0.1) is 0 Å². The van der Waals surface area contributed by atoms with E-state index in [1.165, 1.54) is 45.7 Å². The van der Waals surface area contributed by atoms with E-state index in [2.05, 4.69) is 23.6 Å². The number of hydrogen-bond donors (Lipinski definition) is 0. The third-order valence-corrected chi connectivity index (χ3v) is 7.78. The molecule has 0 N–H and O–H groups in total. The highest BCUT2D eigenvalue weighted by molar-refractivity contribution is 5.01. The van der Waals surface area contributed by atoms with Crippen LogP contribution in [0.5, 0.6) is 0 Å². The number of likely N-dealkylation sites (tertiary alicyclic amines) is 1. The molecule has 1 unspecified atom stereocenters. The van der Waals surface area contributed by atoms with Crippen LogP contribution in [-0.4, -0.2) is 49.1 Å². The molecule has 2 nitrogen and oxygen atoms in total. The summed E-state index contributed by atoms with van der Waals surface area (Å²) >= 11 is 0. The predicted molar refractivity (Wildman–Crippen MR) is 92.9 cm³/mol. The van der Waals surface area contributed by atoms with Crippen molar-refractivity contribution in [3.05, 3.63) is 0 Å². The molecule has 1 atom stereocenters. The molecule has 126 valence electrons. The molecule has 0 radical (unpaired) electrons. The second-order valence-corrected chi connectivity index (χ2v) is 8.88. The molecular weight excluding hydrogens is 268 g/mol. The van der Waals surface area contributed by atoms with Crippen LogP contribution in [0.1, 0.15) is 52.4 Å². The fraction of sp³-hybridized carbons (Fsp3) is 1.00. The molecule has 1 heterocycles. The van der Waals surface area contributed by atoms with Gasteiger partial charge in [0.15, 0.2) is 0 Å². The van der Waals surface area contributed by atoms with Crippen molar-refractivity contribution in [2.45, 2.75) is 52.4 Å². The molecule has 1 saturated heterocycles. The van der Waals surface area contributed by atoms with E-state index >= 15 is 0 Å². The van der Waals surface area contributed by atoms with Crippen molar-refractivity contribution in [1.29, 1.82) is 0 Å². The minimum absolute atomic E-state index is 1.05. The lowest BCUT2D eigenvalue weighted by Gasteiger charge is -2.56. The zero-order valence-corrected chi connectivity index (χ0v) is 14.8. The summed E-state index contributed by atoms with van der Waals surface area (Å²) in [5, 5.41) is 0. The van der Waals surface area contributed by atoms with Crippen molar-refractivity contribution in [3.8, 4) is 0 Å². The molecule has 5 fully saturated rings. The Bertz CT molecular complexity index is 348. The van der Waals surface area contributed by atoms with Crippen LogP contribution in [0.4, 0.5) is 0 Å². The minimum Gasteiger partial charge on any atom is -0.303 e. The van der Waals surface area contributed by atoms with Gasteiger partial charge in [-0.15, -0.1) is 0 Å². The summed E-state index contributed by atoms with van der Waals surface area (Å²) in [6.07, 6.45) is 9.52. The summed E-state index contributed by atoms with van der Waals surface area (Å²) in [5.41, 5.74) is 0. The van der Waals surface area contributed by atoms with Gasteiger partial charge in [-0.25, -0.2) is 0 Å². The fourth-order valence-corrected chi connectivity index (χ4v) is 6.94. The van der Waals surface area contributed by atoms with E-state index in [0.717, 1.165) is 35.5 Å². The topological polar surface area (TPSA) is 6.48 Å². The number of likely N-dealkylation sites (N-methyl/N-ethyl adjacent to an activating group) is 1. The van der Waals surface area contributed by atoms with Crippen molar-refractivity contribution < 1.29 is 0 Å². The Kier molecular flexibility index (Phi) is 4.52. The summed E-state index contributed by atoms with van der Waals surface area (Å²) in [6, 6.07) is 0. The Hall–Kier alpha value is -0.0800. The Balaban J connectivity index is 1.31. The van der Waals surface area contributed by atoms with Crippen molar-refractivity contribution in [2.24, 2.45) is 35.5 Å². The van der Waals surface area contributed by atoms with E-state index in [9.17, 15) is 0 Å². The first kappa shape index (κ1) is 15.4. The number of rotatable bonds is 6. The highest BCUT2D eigenvalue weighted by Gasteiger charge is 2.51. The minimum atomic E-state index is 1.05. The van der Waals surface area contributed by atoms with Crippen LogP contribution in [0.15, 0.2) is 0 Å². The molecule has 0 aromatic carbocycles. The summed E-state index contributed by atoms with van der Waals surface area (Å²) < 4.78 is 0. The molecule has 4 aliphatic carbocycles. The van der Waals surface area contributed by atoms with Gasteiger partial charge >= 0.3 is 0 Å². The van der Waals surface area contributed by atoms with E-state index in [-0.39, 0.29) is 0 Å². The SMILES string of the molecule is CCN(CC)CCN1CCC(C2C3CC4CC(C3)CC2C4)C1. The van der Waals surface area contributed by atoms with Crippen LogP contribution in [0, 0.1) is 35.5 Å². The average molecular weight is 305 g/mol. The summed E-state index contributed by atoms with van der Waals surface area (Å²) in [4.78, 5) is 5.37. The normalized spacial score (nSPS) is 44.3. The Labute approximate surface area is 137 Å². The highest BCUT2D eigenvalue weighted by atomic mass is 15.2. The smallest absolute Gasteiger partial charge is 0.0109 e. The average Bonchev–Trinajstić information content (AvgIpc) is 2.96. The maximum absolute atomic E-state index is 2.79. The maximum atomic E-state index is 2.79. The van der Waals surface area contributed by atoms with Gasteiger partial charge in [-0.05, 0) is 93.7 Å². The third-order valence-electron chi connectivity index (χ3n) is 7.78. The zero-order valence-electron chi connectivity index (χ0n) is 14.8. The van der Waals surface area contributed by atoms with Crippen LogP contribution in [0.25, 0.3) is 0 Å². The van der Waals surface area contributed by atoms with Gasteiger partial charge in [0.1, 0.15) is 0 Å². The third kappa shape index (κ3) is 2.86. The molecular formula is C20H36N2. The fourth-order valence-electron chi connectivity index (χ4n) is 6.94. The molecule has 5 rings (SSSR count). The van der Waals surface area contributed by atoms with Crippen LogP contribution >= 0.6 is 0 Å². The number of nitrogens with zero attached hydrogens (tertiary/aromatic N) is 2. The Morgan fingerprint density at radius 3 is 2.09 bits per heavy atom. The monoisotopic (exact) mass is 304 g/mol. The molecule has 0 amide bonds. The molecule has 4 saturated carbocycles. The van der Waals surface area contributed by atoms with Crippen molar-refractivity contribution in [1.82, 2.24) is 9.80 Å². The molecule has 1 aliphatic heterocycles. The highest BCUT2D eigenvalue weighted by Crippen LogP contribution is 2.59. The standard InChI is InChI=1S/C20H36N2/c1-3-21(4-2)7-8-22-6-5-17(14-22)20-18-10-15-9-16(12-18)13-19(20)11-15/h15-20H,3-14H2,1-2H3. The van der Waals surface area contributed by atoms with Gasteiger partial charge in [0.25, 0.3) is 0 Å². The lowest BCUT2D eigenvalue weighted by molar-refractivity contribution is -0.0596. The van der Waals surface area contributed by atoms with E-state index in [1.54, 1.807) is 32.1 Å². The van der Waals surface area contributed by atoms with Crippen LogP contribution < -0.4 is 0 Å². The van der Waals surface area contributed by atoms with E-state index in [4.69, 9.17) is 0 Å². The molecule has 0 spiro atoms. The second kappa shape index (κ2) is 6.43. The van der Waals surface area contributed by atoms with Gasteiger partial charge in [0.2, 0.25) is 0 Å². The predicted octanol–water partition coefficient (Wildman–Crippen LogP) is 3.72. The van der Waals surface area contributed by atoms with Gasteiger partial charge < -0.3 is 9.80 Å². The zero-order chi connectivity index (χ0) is 15.1. The molecule has 2 heteroatoms. The van der Waals surface area contributed by atoms with Crippen LogP contribution in [-0.2, 0) is 0 Å². The number of hydrogen-bond acceptors (Lipinski definition) is 2. The van der Waals surface area contributed by atoms with Crippen molar-refractivity contribution in [3.63, 3.8) is 0 Å². The molecule has 0 aromatic heterocycles. The van der Waals surface area contributed by atoms with Crippen molar-refractivity contribution in [2.75, 3.05) is 39.3 Å². The maximum Gasteiger partial charge on any atom is 0.0109 e. The van der Waals surface area contributed by atoms with Gasteiger partial charge in [-0.3, -0.25) is 0 Å². The van der Waals surface area contributed by atoms with Crippen LogP contribution in [0.3, 0.4) is 0 Å². The van der Waals surface area contributed by atoms with Gasteiger partial charge in [-0.1, -0.05) is 13.8 Å². The molecule has 4 bridgehead atoms. The summed E-state index contributed by atoms with van der Waals surface area (Å²) in [6.45, 7) is 12.4. The molecule has 5 aliphatic rings. The summed E-state index contributed by atoms with van der Waals surface area (Å²) in [5.74, 6) is 6.70. The molecule has 0 aromatic rings. The lowest BCUT2D eigenvalue weighted by atomic mass is 9.49. The molecule has 22 heavy (non-hydrogen) atoms. The largest absolute Gasteiger partial charge is 0.303 e. The Morgan fingerprint density at radius 2 is 1.50 bits per heavy atom. The van der Waals surface area contributed by atoms with E-state index < -0.39 is 0 Å². The first-order valence-corrected chi connectivity index (χ1v) is 10.2. The van der Waals surface area contributed by atoms with E-state index in [1.807, 2.05) is 0 Å². The first-order valence-electron chi connectivity index (χ1n) is 10.2. The summed E-state index contributed by atoms with van der Waals surface area (Å²) in [7, 11) is 0. The van der Waals surface area contributed by atoms with Crippen LogP contribution in [0.2, 0.25) is 0 Å². The van der Waals surface area contributed by atoms with Gasteiger partial charge in [-0.2, -0.15) is 0 Å².